The molecule has 0 bridgehead atoms. The summed E-state index contributed by atoms with van der Waals surface area (Å²) in [5.74, 6) is -0.342. The summed E-state index contributed by atoms with van der Waals surface area (Å²) in [6.07, 6.45) is 0.215. The highest BCUT2D eigenvalue weighted by Gasteiger charge is 2.17. The largest absolute Gasteiger partial charge is 0.326 e. The first-order chi connectivity index (χ1) is 11.7. The quantitative estimate of drug-likeness (QED) is 0.749. The highest BCUT2D eigenvalue weighted by Crippen LogP contribution is 2.19. The molecule has 2 aromatic rings. The lowest BCUT2D eigenvalue weighted by atomic mass is 10.2. The molecule has 0 aliphatic rings. The fraction of sp³-hybridized carbons (Fsp3) is 0.294. The molecule has 0 aliphatic carbocycles. The van der Waals surface area contributed by atoms with Crippen molar-refractivity contribution in [1.82, 2.24) is 4.31 Å². The minimum atomic E-state index is -3.50. The molecule has 0 fully saturated rings. The van der Waals surface area contributed by atoms with Crippen LogP contribution in [0.4, 0.5) is 5.69 Å². The molecule has 0 saturated carbocycles. The average Bonchev–Trinajstić information content (AvgIpc) is 2.99. The van der Waals surface area contributed by atoms with Crippen LogP contribution in [0.25, 0.3) is 0 Å². The van der Waals surface area contributed by atoms with Gasteiger partial charge in [0.1, 0.15) is 0 Å². The zero-order chi connectivity index (χ0) is 18.6. The standard InChI is InChI=1S/C17H20N2O4S2/c1-12-4-10-16(24-12)15(20)9-11-17(21)18-13-5-7-14(8-6-13)25(22,23)19(2)3/h4-8,10H,9,11H2,1-3H3,(H,18,21). The topological polar surface area (TPSA) is 83.5 Å². The van der Waals surface area contributed by atoms with Crippen molar-refractivity contribution in [3.05, 3.63) is 46.2 Å². The van der Waals surface area contributed by atoms with Crippen molar-refractivity contribution in [1.29, 1.82) is 0 Å². The molecule has 1 heterocycles. The predicted molar refractivity (Wildman–Crippen MR) is 98.6 cm³/mol. The van der Waals surface area contributed by atoms with Crippen LogP contribution in [0.5, 0.6) is 0 Å². The number of sulfonamides is 1. The van der Waals surface area contributed by atoms with Gasteiger partial charge >= 0.3 is 0 Å². The molecule has 0 unspecified atom stereocenters. The molecule has 1 aromatic heterocycles. The SMILES string of the molecule is Cc1ccc(C(=O)CCC(=O)Nc2ccc(S(=O)(=O)N(C)C)cc2)s1. The minimum absolute atomic E-state index is 0.0549. The monoisotopic (exact) mass is 380 g/mol. The van der Waals surface area contributed by atoms with Crippen molar-refractivity contribution < 1.29 is 18.0 Å². The Balaban J connectivity index is 1.91. The number of aryl methyl sites for hydroxylation is 1. The molecule has 1 amide bonds. The predicted octanol–water partition coefficient (Wildman–Crippen LogP) is 2.91. The summed E-state index contributed by atoms with van der Waals surface area (Å²) in [6.45, 7) is 1.92. The summed E-state index contributed by atoms with van der Waals surface area (Å²) in [4.78, 5) is 25.8. The normalized spacial score (nSPS) is 11.5. The van der Waals surface area contributed by atoms with Gasteiger partial charge in [0.2, 0.25) is 15.9 Å². The van der Waals surface area contributed by atoms with Crippen LogP contribution in [0.15, 0.2) is 41.3 Å². The first-order valence-electron chi connectivity index (χ1n) is 7.62. The van der Waals surface area contributed by atoms with Crippen LogP contribution < -0.4 is 5.32 Å². The summed E-state index contributed by atoms with van der Waals surface area (Å²) in [7, 11) is -0.584. The Morgan fingerprint density at radius 3 is 2.20 bits per heavy atom. The number of hydrogen-bond donors (Lipinski definition) is 1. The van der Waals surface area contributed by atoms with Crippen molar-refractivity contribution in [3.8, 4) is 0 Å². The van der Waals surface area contributed by atoms with Gasteiger partial charge in [-0.05, 0) is 43.3 Å². The number of thiophene rings is 1. The van der Waals surface area contributed by atoms with E-state index in [1.807, 2.05) is 13.0 Å². The molecule has 0 saturated heterocycles. The number of Topliss-reactive ketones (excluding diaryl/α,β-unsaturated/α-hetero) is 1. The molecule has 1 N–H and O–H groups in total. The third-order valence-corrected chi connectivity index (χ3v) is 6.38. The van der Waals surface area contributed by atoms with Crippen molar-refractivity contribution in [2.75, 3.05) is 19.4 Å². The Morgan fingerprint density at radius 1 is 1.04 bits per heavy atom. The molecule has 0 atom stereocenters. The van der Waals surface area contributed by atoms with Gasteiger partial charge in [-0.1, -0.05) is 0 Å². The van der Waals surface area contributed by atoms with E-state index in [2.05, 4.69) is 5.32 Å². The van der Waals surface area contributed by atoms with E-state index in [1.165, 1.54) is 49.7 Å². The number of anilines is 1. The Morgan fingerprint density at radius 2 is 1.68 bits per heavy atom. The third-order valence-electron chi connectivity index (χ3n) is 3.51. The van der Waals surface area contributed by atoms with E-state index >= 15 is 0 Å². The first-order valence-corrected chi connectivity index (χ1v) is 9.88. The molecule has 6 nitrogen and oxygen atoms in total. The lowest BCUT2D eigenvalue weighted by molar-refractivity contribution is -0.116. The minimum Gasteiger partial charge on any atom is -0.326 e. The van der Waals surface area contributed by atoms with Crippen LogP contribution >= 0.6 is 11.3 Å². The Hall–Kier alpha value is -2.03. The second-order valence-electron chi connectivity index (χ2n) is 5.69. The highest BCUT2D eigenvalue weighted by molar-refractivity contribution is 7.89. The molecule has 1 aromatic carbocycles. The van der Waals surface area contributed by atoms with E-state index in [0.717, 1.165) is 9.18 Å². The number of hydrogen-bond acceptors (Lipinski definition) is 5. The second-order valence-corrected chi connectivity index (χ2v) is 9.13. The van der Waals surface area contributed by atoms with Gasteiger partial charge in [-0.25, -0.2) is 12.7 Å². The molecule has 2 rings (SSSR count). The van der Waals surface area contributed by atoms with Gasteiger partial charge in [0.25, 0.3) is 0 Å². The molecule has 25 heavy (non-hydrogen) atoms. The Labute approximate surface area is 151 Å². The molecular formula is C17H20N2O4S2. The average molecular weight is 380 g/mol. The second kappa shape index (κ2) is 7.90. The summed E-state index contributed by atoms with van der Waals surface area (Å²) in [5.41, 5.74) is 0.488. The van der Waals surface area contributed by atoms with Crippen molar-refractivity contribution in [2.45, 2.75) is 24.7 Å². The van der Waals surface area contributed by atoms with Gasteiger partial charge in [0.05, 0.1) is 9.77 Å². The van der Waals surface area contributed by atoms with Crippen LogP contribution in [0.3, 0.4) is 0 Å². The van der Waals surface area contributed by atoms with E-state index in [-0.39, 0.29) is 29.4 Å². The maximum Gasteiger partial charge on any atom is 0.242 e. The van der Waals surface area contributed by atoms with E-state index < -0.39 is 10.0 Å². The van der Waals surface area contributed by atoms with Crippen molar-refractivity contribution >= 4 is 38.7 Å². The Kier molecular flexibility index (Phi) is 6.10. The van der Waals surface area contributed by atoms with E-state index in [1.54, 1.807) is 6.07 Å². The number of benzene rings is 1. The molecule has 134 valence electrons. The first kappa shape index (κ1) is 19.3. The molecule has 8 heteroatoms. The van der Waals surface area contributed by atoms with Gasteiger partial charge in [0, 0.05) is 37.5 Å². The zero-order valence-corrected chi connectivity index (χ0v) is 15.9. The third kappa shape index (κ3) is 4.97. The lowest BCUT2D eigenvalue weighted by Gasteiger charge is -2.12. The van der Waals surface area contributed by atoms with Crippen LogP contribution in [-0.2, 0) is 14.8 Å². The Bertz CT molecular complexity index is 868. The van der Waals surface area contributed by atoms with Crippen molar-refractivity contribution in [2.24, 2.45) is 0 Å². The number of ketones is 1. The highest BCUT2D eigenvalue weighted by atomic mass is 32.2. The maximum atomic E-state index is 12.0. The summed E-state index contributed by atoms with van der Waals surface area (Å²) in [5, 5.41) is 2.67. The molecule has 0 spiro atoms. The number of carbonyl (C=O) groups is 2. The fourth-order valence-electron chi connectivity index (χ4n) is 2.08. The number of amides is 1. The van der Waals surface area contributed by atoms with Crippen LogP contribution in [-0.4, -0.2) is 38.5 Å². The lowest BCUT2D eigenvalue weighted by Crippen LogP contribution is -2.22. The maximum absolute atomic E-state index is 12.0. The molecule has 0 radical (unpaired) electrons. The van der Waals surface area contributed by atoms with Gasteiger partial charge in [-0.2, -0.15) is 0 Å². The van der Waals surface area contributed by atoms with E-state index in [4.69, 9.17) is 0 Å². The zero-order valence-electron chi connectivity index (χ0n) is 14.3. The van der Waals surface area contributed by atoms with Crippen LogP contribution in [0.2, 0.25) is 0 Å². The van der Waals surface area contributed by atoms with Crippen LogP contribution in [0, 0.1) is 6.92 Å². The molecular weight excluding hydrogens is 360 g/mol. The fourth-order valence-corrected chi connectivity index (χ4v) is 3.82. The summed E-state index contributed by atoms with van der Waals surface area (Å²) in [6, 6.07) is 9.57. The smallest absolute Gasteiger partial charge is 0.242 e. The summed E-state index contributed by atoms with van der Waals surface area (Å²) >= 11 is 1.42. The van der Waals surface area contributed by atoms with Gasteiger partial charge in [-0.3, -0.25) is 9.59 Å². The van der Waals surface area contributed by atoms with Gasteiger partial charge in [0.15, 0.2) is 5.78 Å². The van der Waals surface area contributed by atoms with E-state index in [9.17, 15) is 18.0 Å². The summed E-state index contributed by atoms with van der Waals surface area (Å²) < 4.78 is 25.1. The van der Waals surface area contributed by atoms with Crippen LogP contribution in [0.1, 0.15) is 27.4 Å². The number of rotatable bonds is 7. The molecule has 0 aliphatic heterocycles. The number of nitrogens with zero attached hydrogens (tertiary/aromatic N) is 1. The van der Waals surface area contributed by atoms with Gasteiger partial charge in [-0.15, -0.1) is 11.3 Å². The van der Waals surface area contributed by atoms with Gasteiger partial charge < -0.3 is 5.32 Å². The number of carbonyl (C=O) groups excluding carboxylic acids is 2. The van der Waals surface area contributed by atoms with E-state index in [0.29, 0.717) is 10.6 Å². The number of nitrogens with one attached hydrogen (secondary N) is 1. The van der Waals surface area contributed by atoms with Crippen molar-refractivity contribution in [3.63, 3.8) is 0 Å².